The van der Waals surface area contributed by atoms with Crippen LogP contribution >= 0.6 is 0 Å². The Bertz CT molecular complexity index is 355. The number of aromatic nitrogens is 1. The van der Waals surface area contributed by atoms with E-state index in [9.17, 15) is 9.90 Å². The molecule has 0 saturated carbocycles. The van der Waals surface area contributed by atoms with Crippen LogP contribution in [-0.2, 0) is 0 Å². The SMILES string of the molecule is CCCC(CN)NC(=O)c1ccncc1O. The zero-order valence-corrected chi connectivity index (χ0v) is 9.31. The highest BCUT2D eigenvalue weighted by Crippen LogP contribution is 2.13. The Balaban J connectivity index is 2.68. The van der Waals surface area contributed by atoms with Crippen LogP contribution in [0.3, 0.4) is 0 Å². The Labute approximate surface area is 94.7 Å². The Kier molecular flexibility index (Phi) is 4.72. The number of carbonyl (C=O) groups excluding carboxylic acids is 1. The van der Waals surface area contributed by atoms with Crippen molar-refractivity contribution >= 4 is 5.91 Å². The summed E-state index contributed by atoms with van der Waals surface area (Å²) in [5, 5.41) is 12.2. The topological polar surface area (TPSA) is 88.2 Å². The molecule has 1 rings (SSSR count). The third kappa shape index (κ3) is 3.20. The van der Waals surface area contributed by atoms with Crippen LogP contribution in [0, 0.1) is 0 Å². The van der Waals surface area contributed by atoms with E-state index in [1.165, 1.54) is 18.5 Å². The monoisotopic (exact) mass is 223 g/mol. The van der Waals surface area contributed by atoms with Gasteiger partial charge in [0.25, 0.3) is 5.91 Å². The molecule has 0 spiro atoms. The van der Waals surface area contributed by atoms with Gasteiger partial charge in [0.15, 0.2) is 0 Å². The maximum absolute atomic E-state index is 11.8. The molecule has 1 atom stereocenters. The van der Waals surface area contributed by atoms with Gasteiger partial charge in [0.05, 0.1) is 11.8 Å². The summed E-state index contributed by atoms with van der Waals surface area (Å²) in [4.78, 5) is 15.5. The lowest BCUT2D eigenvalue weighted by molar-refractivity contribution is 0.0933. The Morgan fingerprint density at radius 2 is 2.44 bits per heavy atom. The summed E-state index contributed by atoms with van der Waals surface area (Å²) in [6.07, 6.45) is 4.48. The summed E-state index contributed by atoms with van der Waals surface area (Å²) < 4.78 is 0. The molecule has 1 aromatic heterocycles. The summed E-state index contributed by atoms with van der Waals surface area (Å²) in [5.74, 6) is -0.434. The van der Waals surface area contributed by atoms with Crippen LogP contribution in [0.5, 0.6) is 5.75 Å². The van der Waals surface area contributed by atoms with Crippen LogP contribution in [0.4, 0.5) is 0 Å². The lowest BCUT2D eigenvalue weighted by atomic mass is 10.1. The van der Waals surface area contributed by atoms with Crippen molar-refractivity contribution < 1.29 is 9.90 Å². The highest BCUT2D eigenvalue weighted by molar-refractivity contribution is 5.96. The summed E-state index contributed by atoms with van der Waals surface area (Å²) in [6.45, 7) is 2.42. The molecular weight excluding hydrogens is 206 g/mol. The molecule has 1 amide bonds. The third-order valence-electron chi connectivity index (χ3n) is 2.30. The molecular formula is C11H17N3O2. The van der Waals surface area contributed by atoms with Gasteiger partial charge in [0.1, 0.15) is 5.75 Å². The van der Waals surface area contributed by atoms with Gasteiger partial charge in [0, 0.05) is 18.8 Å². The second kappa shape index (κ2) is 6.07. The Morgan fingerprint density at radius 3 is 3.00 bits per heavy atom. The number of hydrogen-bond donors (Lipinski definition) is 3. The van der Waals surface area contributed by atoms with E-state index >= 15 is 0 Å². The second-order valence-corrected chi connectivity index (χ2v) is 3.59. The van der Waals surface area contributed by atoms with Crippen LogP contribution in [0.25, 0.3) is 0 Å². The first-order valence-electron chi connectivity index (χ1n) is 5.33. The largest absolute Gasteiger partial charge is 0.505 e. The number of aromatic hydroxyl groups is 1. The standard InChI is InChI=1S/C11H17N3O2/c1-2-3-8(6-12)14-11(16)9-4-5-13-7-10(9)15/h4-5,7-8,15H,2-3,6,12H2,1H3,(H,14,16). The van der Waals surface area contributed by atoms with Crippen molar-refractivity contribution in [3.05, 3.63) is 24.0 Å². The maximum Gasteiger partial charge on any atom is 0.255 e. The second-order valence-electron chi connectivity index (χ2n) is 3.59. The first kappa shape index (κ1) is 12.4. The van der Waals surface area contributed by atoms with Gasteiger partial charge in [-0.3, -0.25) is 9.78 Å². The van der Waals surface area contributed by atoms with Crippen molar-refractivity contribution in [1.29, 1.82) is 0 Å². The lowest BCUT2D eigenvalue weighted by Crippen LogP contribution is -2.40. The first-order chi connectivity index (χ1) is 7.69. The van der Waals surface area contributed by atoms with Crippen molar-refractivity contribution in [2.45, 2.75) is 25.8 Å². The van der Waals surface area contributed by atoms with Gasteiger partial charge in [-0.25, -0.2) is 0 Å². The predicted octanol–water partition coefficient (Wildman–Crippen LogP) is 0.644. The fraction of sp³-hybridized carbons (Fsp3) is 0.455. The molecule has 16 heavy (non-hydrogen) atoms. The van der Waals surface area contributed by atoms with Crippen molar-refractivity contribution in [3.63, 3.8) is 0 Å². The first-order valence-corrected chi connectivity index (χ1v) is 5.33. The molecule has 4 N–H and O–H groups in total. The van der Waals surface area contributed by atoms with Crippen LogP contribution in [-0.4, -0.2) is 28.6 Å². The van der Waals surface area contributed by atoms with Crippen molar-refractivity contribution in [2.75, 3.05) is 6.54 Å². The van der Waals surface area contributed by atoms with Crippen LogP contribution in [0.1, 0.15) is 30.1 Å². The van der Waals surface area contributed by atoms with E-state index in [0.717, 1.165) is 12.8 Å². The molecule has 0 aliphatic heterocycles. The van der Waals surface area contributed by atoms with Gasteiger partial charge >= 0.3 is 0 Å². The number of carbonyl (C=O) groups is 1. The molecule has 0 radical (unpaired) electrons. The van der Waals surface area contributed by atoms with E-state index in [0.29, 0.717) is 6.54 Å². The number of nitrogens with two attached hydrogens (primary N) is 1. The van der Waals surface area contributed by atoms with Gasteiger partial charge < -0.3 is 16.2 Å². The van der Waals surface area contributed by atoms with Gasteiger partial charge in [-0.15, -0.1) is 0 Å². The number of amides is 1. The summed E-state index contributed by atoms with van der Waals surface area (Å²) >= 11 is 0. The zero-order chi connectivity index (χ0) is 12.0. The normalized spacial score (nSPS) is 12.1. The van der Waals surface area contributed by atoms with Crippen LogP contribution in [0.15, 0.2) is 18.5 Å². The smallest absolute Gasteiger partial charge is 0.255 e. The predicted molar refractivity (Wildman–Crippen MR) is 61.1 cm³/mol. The van der Waals surface area contributed by atoms with Gasteiger partial charge in [0.2, 0.25) is 0 Å². The van der Waals surface area contributed by atoms with E-state index in [1.54, 1.807) is 0 Å². The number of nitrogens with zero attached hydrogens (tertiary/aromatic N) is 1. The molecule has 88 valence electrons. The van der Waals surface area contributed by atoms with Crippen LogP contribution < -0.4 is 11.1 Å². The van der Waals surface area contributed by atoms with Crippen LogP contribution in [0.2, 0.25) is 0 Å². The van der Waals surface area contributed by atoms with E-state index in [1.807, 2.05) is 6.92 Å². The highest BCUT2D eigenvalue weighted by Gasteiger charge is 2.14. The van der Waals surface area contributed by atoms with Crippen molar-refractivity contribution in [3.8, 4) is 5.75 Å². The average molecular weight is 223 g/mol. The number of nitrogens with one attached hydrogen (secondary N) is 1. The highest BCUT2D eigenvalue weighted by atomic mass is 16.3. The molecule has 5 heteroatoms. The Morgan fingerprint density at radius 1 is 1.69 bits per heavy atom. The maximum atomic E-state index is 11.8. The minimum atomic E-state index is -0.316. The van der Waals surface area contributed by atoms with Gasteiger partial charge in [-0.1, -0.05) is 13.3 Å². The molecule has 0 aromatic carbocycles. The molecule has 1 aromatic rings. The van der Waals surface area contributed by atoms with Crippen molar-refractivity contribution in [1.82, 2.24) is 10.3 Å². The molecule has 0 fully saturated rings. The molecule has 0 aliphatic carbocycles. The number of hydrogen-bond acceptors (Lipinski definition) is 4. The van der Waals surface area contributed by atoms with E-state index < -0.39 is 0 Å². The Hall–Kier alpha value is -1.62. The average Bonchev–Trinajstić information content (AvgIpc) is 2.28. The fourth-order valence-corrected chi connectivity index (χ4v) is 1.44. The summed E-state index contributed by atoms with van der Waals surface area (Å²) in [7, 11) is 0. The molecule has 5 nitrogen and oxygen atoms in total. The minimum Gasteiger partial charge on any atom is -0.505 e. The molecule has 0 bridgehead atoms. The molecule has 1 heterocycles. The van der Waals surface area contributed by atoms with Crippen molar-refractivity contribution in [2.24, 2.45) is 5.73 Å². The van der Waals surface area contributed by atoms with Gasteiger partial charge in [-0.2, -0.15) is 0 Å². The lowest BCUT2D eigenvalue weighted by Gasteiger charge is -2.16. The molecule has 0 aliphatic rings. The summed E-state index contributed by atoms with van der Waals surface area (Å²) in [6, 6.07) is 1.43. The number of rotatable bonds is 5. The van der Waals surface area contributed by atoms with E-state index in [4.69, 9.17) is 5.73 Å². The molecule has 0 saturated heterocycles. The van der Waals surface area contributed by atoms with E-state index in [-0.39, 0.29) is 23.3 Å². The van der Waals surface area contributed by atoms with E-state index in [2.05, 4.69) is 10.3 Å². The third-order valence-corrected chi connectivity index (χ3v) is 2.30. The zero-order valence-electron chi connectivity index (χ0n) is 9.31. The number of pyridine rings is 1. The fourth-order valence-electron chi connectivity index (χ4n) is 1.44. The minimum absolute atomic E-state index is 0.0509. The van der Waals surface area contributed by atoms with Gasteiger partial charge in [-0.05, 0) is 12.5 Å². The summed E-state index contributed by atoms with van der Waals surface area (Å²) in [5.41, 5.74) is 5.76. The quantitative estimate of drug-likeness (QED) is 0.683. The molecule has 1 unspecified atom stereocenters.